The molecule has 1 N–H and O–H groups in total. The van der Waals surface area contributed by atoms with Crippen LogP contribution in [-0.4, -0.2) is 18.9 Å². The molecule has 0 saturated carbocycles. The topological polar surface area (TPSA) is 38.3 Å². The number of ether oxygens (including phenoxy) is 1. The Bertz CT molecular complexity index is 566. The highest BCUT2D eigenvalue weighted by Crippen LogP contribution is 2.33. The average molecular weight is 239 g/mol. The number of benzene rings is 2. The Morgan fingerprint density at radius 3 is 2.72 bits per heavy atom. The Kier molecular flexibility index (Phi) is 2.73. The average Bonchev–Trinajstić information content (AvgIpc) is 2.47. The van der Waals surface area contributed by atoms with Crippen LogP contribution in [0, 0.1) is 0 Å². The van der Waals surface area contributed by atoms with Crippen LogP contribution in [0.3, 0.4) is 0 Å². The summed E-state index contributed by atoms with van der Waals surface area (Å²) < 4.78 is 5.61. The number of hydrogen-bond acceptors (Lipinski definition) is 3. The van der Waals surface area contributed by atoms with E-state index in [1.54, 1.807) is 0 Å². The highest BCUT2D eigenvalue weighted by molar-refractivity contribution is 5.73. The molecule has 0 fully saturated rings. The molecule has 1 heterocycles. The third kappa shape index (κ3) is 1.95. The Labute approximate surface area is 105 Å². The molecule has 0 spiro atoms. The molecule has 3 heteroatoms. The maximum absolute atomic E-state index is 10.8. The molecule has 1 aliphatic heterocycles. The van der Waals surface area contributed by atoms with Crippen molar-refractivity contribution in [2.24, 2.45) is 0 Å². The van der Waals surface area contributed by atoms with Gasteiger partial charge in [-0.1, -0.05) is 36.4 Å². The summed E-state index contributed by atoms with van der Waals surface area (Å²) >= 11 is 0. The van der Waals surface area contributed by atoms with E-state index < -0.39 is 6.10 Å². The van der Waals surface area contributed by atoms with Crippen LogP contribution in [0.4, 0.5) is 5.69 Å². The molecule has 1 aliphatic rings. The van der Waals surface area contributed by atoms with Gasteiger partial charge in [0.05, 0.1) is 12.2 Å². The minimum atomic E-state index is -0.400. The van der Waals surface area contributed by atoms with Crippen LogP contribution >= 0.6 is 0 Å². The van der Waals surface area contributed by atoms with Gasteiger partial charge >= 0.3 is 0 Å². The smallest absolute Gasteiger partial charge is 0.171 e. The Balaban J connectivity index is 1.98. The van der Waals surface area contributed by atoms with Crippen molar-refractivity contribution in [1.82, 2.24) is 0 Å². The Hall–Kier alpha value is -2.29. The quantitative estimate of drug-likeness (QED) is 0.819. The monoisotopic (exact) mass is 239 g/mol. The molecule has 18 heavy (non-hydrogen) atoms. The number of rotatable bonds is 2. The van der Waals surface area contributed by atoms with E-state index in [2.05, 4.69) is 17.4 Å². The molecule has 3 nitrogen and oxygen atoms in total. The van der Waals surface area contributed by atoms with Gasteiger partial charge in [0.1, 0.15) is 5.75 Å². The van der Waals surface area contributed by atoms with E-state index in [0.29, 0.717) is 6.54 Å². The molecule has 0 bridgehead atoms. The van der Waals surface area contributed by atoms with E-state index in [-0.39, 0.29) is 0 Å². The first-order valence-electron chi connectivity index (χ1n) is 5.92. The Morgan fingerprint density at radius 2 is 1.94 bits per heavy atom. The van der Waals surface area contributed by atoms with Crippen LogP contribution < -0.4 is 10.1 Å². The normalized spacial score (nSPS) is 17.2. The lowest BCUT2D eigenvalue weighted by Gasteiger charge is -2.24. The van der Waals surface area contributed by atoms with Crippen LogP contribution in [0.15, 0.2) is 48.5 Å². The van der Waals surface area contributed by atoms with Gasteiger partial charge in [-0.2, -0.15) is 0 Å². The van der Waals surface area contributed by atoms with Crippen molar-refractivity contribution >= 4 is 12.0 Å². The summed E-state index contributed by atoms with van der Waals surface area (Å²) in [5.74, 6) is 0.736. The molecular formula is C15H13NO2. The molecule has 3 rings (SSSR count). The molecule has 2 aromatic carbocycles. The van der Waals surface area contributed by atoms with E-state index in [0.717, 1.165) is 28.8 Å². The summed E-state index contributed by atoms with van der Waals surface area (Å²) in [5, 5.41) is 3.19. The lowest BCUT2D eigenvalue weighted by atomic mass is 10.0. The van der Waals surface area contributed by atoms with Crippen molar-refractivity contribution in [3.05, 3.63) is 48.5 Å². The van der Waals surface area contributed by atoms with Crippen molar-refractivity contribution in [3.63, 3.8) is 0 Å². The van der Waals surface area contributed by atoms with Gasteiger partial charge in [-0.05, 0) is 23.3 Å². The highest BCUT2D eigenvalue weighted by Gasteiger charge is 2.18. The van der Waals surface area contributed by atoms with Gasteiger partial charge < -0.3 is 10.1 Å². The maximum atomic E-state index is 10.8. The fourth-order valence-corrected chi connectivity index (χ4v) is 2.07. The van der Waals surface area contributed by atoms with Gasteiger partial charge in [-0.15, -0.1) is 0 Å². The van der Waals surface area contributed by atoms with Gasteiger partial charge in [-0.3, -0.25) is 4.79 Å². The lowest BCUT2D eigenvalue weighted by molar-refractivity contribution is -0.113. The molecule has 1 atom stereocenters. The maximum Gasteiger partial charge on any atom is 0.171 e. The summed E-state index contributed by atoms with van der Waals surface area (Å²) in [6.45, 7) is 0.529. The van der Waals surface area contributed by atoms with Gasteiger partial charge in [-0.25, -0.2) is 0 Å². The van der Waals surface area contributed by atoms with Crippen molar-refractivity contribution in [2.45, 2.75) is 6.10 Å². The highest BCUT2D eigenvalue weighted by atomic mass is 16.5. The Morgan fingerprint density at radius 1 is 1.11 bits per heavy atom. The molecule has 1 unspecified atom stereocenters. The molecule has 0 saturated heterocycles. The third-order valence-electron chi connectivity index (χ3n) is 3.01. The largest absolute Gasteiger partial charge is 0.479 e. The zero-order valence-corrected chi connectivity index (χ0v) is 9.80. The van der Waals surface area contributed by atoms with Crippen LogP contribution in [-0.2, 0) is 4.79 Å². The number of fused-ring (bicyclic) bond motifs is 1. The first-order valence-corrected chi connectivity index (χ1v) is 5.92. The summed E-state index contributed by atoms with van der Waals surface area (Å²) in [6, 6.07) is 16.1. The zero-order valence-electron chi connectivity index (χ0n) is 9.80. The first kappa shape index (κ1) is 10.8. The molecule has 90 valence electrons. The molecule has 0 aliphatic carbocycles. The SMILES string of the molecule is O=CC1CNc2ccc(-c3ccccc3)cc2O1. The number of carbonyl (C=O) groups excluding carboxylic acids is 1. The minimum absolute atomic E-state index is 0.400. The second kappa shape index (κ2) is 4.53. The molecule has 0 amide bonds. The predicted molar refractivity (Wildman–Crippen MR) is 70.8 cm³/mol. The van der Waals surface area contributed by atoms with E-state index >= 15 is 0 Å². The number of anilines is 1. The predicted octanol–water partition coefficient (Wildman–Crippen LogP) is 2.73. The standard InChI is InChI=1S/C15H13NO2/c17-10-13-9-16-14-7-6-12(8-15(14)18-13)11-4-2-1-3-5-11/h1-8,10,13,16H,9H2. The van der Waals surface area contributed by atoms with Crippen molar-refractivity contribution in [2.75, 3.05) is 11.9 Å². The summed E-state index contributed by atoms with van der Waals surface area (Å²) in [7, 11) is 0. The van der Waals surface area contributed by atoms with E-state index in [1.165, 1.54) is 0 Å². The second-order valence-electron chi connectivity index (χ2n) is 4.25. The third-order valence-corrected chi connectivity index (χ3v) is 3.01. The van der Waals surface area contributed by atoms with Gasteiger partial charge in [0.2, 0.25) is 0 Å². The first-order chi connectivity index (χ1) is 8.86. The van der Waals surface area contributed by atoms with Gasteiger partial charge in [0.15, 0.2) is 12.4 Å². The fraction of sp³-hybridized carbons (Fsp3) is 0.133. The molecule has 0 aromatic heterocycles. The van der Waals surface area contributed by atoms with Gasteiger partial charge in [0, 0.05) is 0 Å². The molecular weight excluding hydrogens is 226 g/mol. The lowest BCUT2D eigenvalue weighted by Crippen LogP contribution is -2.31. The van der Waals surface area contributed by atoms with Crippen molar-refractivity contribution < 1.29 is 9.53 Å². The number of carbonyl (C=O) groups is 1. The summed E-state index contributed by atoms with van der Waals surface area (Å²) in [4.78, 5) is 10.8. The number of aldehydes is 1. The van der Waals surface area contributed by atoms with Gasteiger partial charge in [0.25, 0.3) is 0 Å². The van der Waals surface area contributed by atoms with Crippen LogP contribution in [0.25, 0.3) is 11.1 Å². The summed E-state index contributed by atoms with van der Waals surface area (Å²) in [5.41, 5.74) is 3.16. The summed E-state index contributed by atoms with van der Waals surface area (Å²) in [6.07, 6.45) is 0.425. The molecule has 0 radical (unpaired) electrons. The van der Waals surface area contributed by atoms with Crippen molar-refractivity contribution in [1.29, 1.82) is 0 Å². The van der Waals surface area contributed by atoms with Crippen LogP contribution in [0.5, 0.6) is 5.75 Å². The number of hydrogen-bond donors (Lipinski definition) is 1. The zero-order chi connectivity index (χ0) is 12.4. The van der Waals surface area contributed by atoms with E-state index in [9.17, 15) is 4.79 Å². The second-order valence-corrected chi connectivity index (χ2v) is 4.25. The molecule has 2 aromatic rings. The van der Waals surface area contributed by atoms with Crippen molar-refractivity contribution in [3.8, 4) is 16.9 Å². The fourth-order valence-electron chi connectivity index (χ4n) is 2.07. The van der Waals surface area contributed by atoms with Crippen LogP contribution in [0.1, 0.15) is 0 Å². The van der Waals surface area contributed by atoms with E-state index in [1.807, 2.05) is 36.4 Å². The van der Waals surface area contributed by atoms with E-state index in [4.69, 9.17) is 4.74 Å². The number of nitrogens with one attached hydrogen (secondary N) is 1. The van der Waals surface area contributed by atoms with Crippen LogP contribution in [0.2, 0.25) is 0 Å². The minimum Gasteiger partial charge on any atom is -0.479 e.